The van der Waals surface area contributed by atoms with Crippen molar-refractivity contribution >= 4 is 45.0 Å². The van der Waals surface area contributed by atoms with E-state index in [-0.39, 0.29) is 23.8 Å². The number of carbonyl (C=O) groups is 1. The molecule has 7 heteroatoms. The number of nitrogens with one attached hydrogen (secondary N) is 1. The summed E-state index contributed by atoms with van der Waals surface area (Å²) in [5.41, 5.74) is 1.16. The lowest BCUT2D eigenvalue weighted by Crippen LogP contribution is -2.24. The molecule has 0 radical (unpaired) electrons. The van der Waals surface area contributed by atoms with E-state index in [1.807, 2.05) is 48.5 Å². The summed E-state index contributed by atoms with van der Waals surface area (Å²) in [4.78, 5) is 29.9. The highest BCUT2D eigenvalue weighted by atomic mass is 32.2. The summed E-state index contributed by atoms with van der Waals surface area (Å²) in [5.74, 6) is -0.0529. The molecule has 0 aliphatic carbocycles. The van der Waals surface area contributed by atoms with Gasteiger partial charge in [-0.15, -0.1) is 0 Å². The van der Waals surface area contributed by atoms with Crippen molar-refractivity contribution in [2.24, 2.45) is 0 Å². The predicted molar refractivity (Wildman–Crippen MR) is 121 cm³/mol. The number of hydrogen-bond acceptors (Lipinski definition) is 5. The number of carbonyl (C=O) groups excluding carboxylic acids is 1. The third-order valence-corrected chi connectivity index (χ3v) is 5.71. The number of hydrogen-bond donors (Lipinski definition) is 2. The molecule has 0 fully saturated rings. The molecule has 3 aromatic carbocycles. The Hall–Kier alpha value is -3.16. The Morgan fingerprint density at radius 2 is 1.80 bits per heavy atom. The highest BCUT2D eigenvalue weighted by Gasteiger charge is 2.13. The number of rotatable bonds is 7. The first kappa shape index (κ1) is 20.1. The zero-order valence-electron chi connectivity index (χ0n) is 16.2. The minimum Gasteiger partial charge on any atom is -0.396 e. The molecule has 1 amide bonds. The van der Waals surface area contributed by atoms with Crippen LogP contribution in [0.3, 0.4) is 0 Å². The van der Waals surface area contributed by atoms with Crippen LogP contribution in [-0.4, -0.2) is 32.9 Å². The number of amides is 1. The molecule has 0 bridgehead atoms. The number of anilines is 1. The number of aliphatic hydroxyl groups is 1. The molecular formula is C23H21N3O3S. The molecule has 0 unspecified atom stereocenters. The Kier molecular flexibility index (Phi) is 6.11. The molecule has 0 spiro atoms. The number of thioether (sulfide) groups is 1. The lowest BCUT2D eigenvalue weighted by Gasteiger charge is -2.12. The topological polar surface area (TPSA) is 84.2 Å². The molecular weight excluding hydrogens is 398 g/mol. The van der Waals surface area contributed by atoms with Crippen LogP contribution in [-0.2, 0) is 11.3 Å². The molecule has 0 atom stereocenters. The third kappa shape index (κ3) is 4.37. The van der Waals surface area contributed by atoms with Gasteiger partial charge in [0.1, 0.15) is 0 Å². The van der Waals surface area contributed by atoms with Crippen molar-refractivity contribution in [3.63, 3.8) is 0 Å². The molecule has 4 aromatic rings. The van der Waals surface area contributed by atoms with Crippen LogP contribution in [0, 0.1) is 0 Å². The van der Waals surface area contributed by atoms with Crippen molar-refractivity contribution in [3.05, 3.63) is 77.1 Å². The molecule has 0 aliphatic heterocycles. The van der Waals surface area contributed by atoms with Gasteiger partial charge in [0.25, 0.3) is 5.56 Å². The van der Waals surface area contributed by atoms with E-state index >= 15 is 0 Å². The monoisotopic (exact) mass is 419 g/mol. The quantitative estimate of drug-likeness (QED) is 0.353. The fraction of sp³-hybridized carbons (Fsp3) is 0.174. The van der Waals surface area contributed by atoms with Crippen LogP contribution in [0.1, 0.15) is 6.42 Å². The van der Waals surface area contributed by atoms with Crippen molar-refractivity contribution in [1.29, 1.82) is 0 Å². The normalized spacial score (nSPS) is 11.1. The number of benzene rings is 3. The van der Waals surface area contributed by atoms with Crippen LogP contribution in [0.2, 0.25) is 0 Å². The van der Waals surface area contributed by atoms with Gasteiger partial charge in [0.2, 0.25) is 5.91 Å². The van der Waals surface area contributed by atoms with Crippen molar-refractivity contribution < 1.29 is 9.90 Å². The smallest absolute Gasteiger partial charge is 0.262 e. The van der Waals surface area contributed by atoms with Crippen LogP contribution < -0.4 is 10.9 Å². The van der Waals surface area contributed by atoms with E-state index in [1.54, 1.807) is 18.2 Å². The van der Waals surface area contributed by atoms with Gasteiger partial charge in [-0.05, 0) is 41.5 Å². The molecule has 152 valence electrons. The Labute approximate surface area is 177 Å². The minimum atomic E-state index is -0.175. The summed E-state index contributed by atoms with van der Waals surface area (Å²) in [6.07, 6.45) is 0.441. The summed E-state index contributed by atoms with van der Waals surface area (Å²) in [5, 5.41) is 15.2. The van der Waals surface area contributed by atoms with Gasteiger partial charge in [0.15, 0.2) is 5.16 Å². The first-order chi connectivity index (χ1) is 14.7. The molecule has 4 rings (SSSR count). The molecule has 6 nitrogen and oxygen atoms in total. The zero-order chi connectivity index (χ0) is 20.9. The summed E-state index contributed by atoms with van der Waals surface area (Å²) in [6, 6.07) is 20.9. The third-order valence-electron chi connectivity index (χ3n) is 4.73. The fourth-order valence-corrected chi connectivity index (χ4v) is 4.10. The average molecular weight is 420 g/mol. The van der Waals surface area contributed by atoms with Gasteiger partial charge in [-0.1, -0.05) is 54.2 Å². The number of nitrogens with zero attached hydrogens (tertiary/aromatic N) is 2. The van der Waals surface area contributed by atoms with E-state index < -0.39 is 0 Å². The lowest BCUT2D eigenvalue weighted by atomic mass is 10.1. The number of aromatic nitrogens is 2. The Morgan fingerprint density at radius 1 is 1.03 bits per heavy atom. The summed E-state index contributed by atoms with van der Waals surface area (Å²) in [6.45, 7) is 0.327. The minimum absolute atomic E-state index is 0.0220. The fourth-order valence-electron chi connectivity index (χ4n) is 3.28. The number of para-hydroxylation sites is 1. The molecule has 0 saturated carbocycles. The van der Waals surface area contributed by atoms with E-state index in [0.717, 1.165) is 16.5 Å². The van der Waals surface area contributed by atoms with Gasteiger partial charge in [0, 0.05) is 18.8 Å². The second-order valence-electron chi connectivity index (χ2n) is 6.84. The van der Waals surface area contributed by atoms with Crippen LogP contribution in [0.25, 0.3) is 21.7 Å². The summed E-state index contributed by atoms with van der Waals surface area (Å²) in [7, 11) is 0. The largest absolute Gasteiger partial charge is 0.396 e. The van der Waals surface area contributed by atoms with Crippen molar-refractivity contribution in [3.8, 4) is 0 Å². The van der Waals surface area contributed by atoms with E-state index in [9.17, 15) is 14.7 Å². The number of aliphatic hydroxyl groups excluding tert-OH is 1. The first-order valence-electron chi connectivity index (χ1n) is 9.67. The predicted octanol–water partition coefficient (Wildman–Crippen LogP) is 3.66. The van der Waals surface area contributed by atoms with Crippen LogP contribution in [0.4, 0.5) is 5.69 Å². The highest BCUT2D eigenvalue weighted by molar-refractivity contribution is 7.99. The van der Waals surface area contributed by atoms with Gasteiger partial charge in [0.05, 0.1) is 16.7 Å². The standard InChI is InChI=1S/C23H21N3O3S/c27-13-5-12-26-22(29)19-8-3-4-9-20(19)25-23(26)30-15-21(28)24-18-11-10-16-6-1-2-7-17(16)14-18/h1-4,6-11,14,27H,5,12-13,15H2,(H,24,28). The van der Waals surface area contributed by atoms with E-state index in [4.69, 9.17) is 0 Å². The van der Waals surface area contributed by atoms with Crippen molar-refractivity contribution in [2.45, 2.75) is 18.1 Å². The number of fused-ring (bicyclic) bond motifs is 2. The van der Waals surface area contributed by atoms with Crippen molar-refractivity contribution in [1.82, 2.24) is 9.55 Å². The van der Waals surface area contributed by atoms with E-state index in [0.29, 0.717) is 29.0 Å². The van der Waals surface area contributed by atoms with Gasteiger partial charge in [-0.3, -0.25) is 14.2 Å². The zero-order valence-corrected chi connectivity index (χ0v) is 17.1. The van der Waals surface area contributed by atoms with E-state index in [2.05, 4.69) is 10.3 Å². The van der Waals surface area contributed by atoms with Crippen molar-refractivity contribution in [2.75, 3.05) is 17.7 Å². The second-order valence-corrected chi connectivity index (χ2v) is 7.79. The van der Waals surface area contributed by atoms with Crippen LogP contribution in [0.15, 0.2) is 76.7 Å². The molecule has 0 saturated heterocycles. The maximum absolute atomic E-state index is 12.8. The van der Waals surface area contributed by atoms with Gasteiger partial charge >= 0.3 is 0 Å². The first-order valence-corrected chi connectivity index (χ1v) is 10.7. The van der Waals surface area contributed by atoms with Crippen LogP contribution >= 0.6 is 11.8 Å². The molecule has 2 N–H and O–H groups in total. The SMILES string of the molecule is O=C(CSc1nc2ccccc2c(=O)n1CCCO)Nc1ccc2ccccc2c1. The van der Waals surface area contributed by atoms with Crippen LogP contribution in [0.5, 0.6) is 0 Å². The highest BCUT2D eigenvalue weighted by Crippen LogP contribution is 2.21. The average Bonchev–Trinajstić information content (AvgIpc) is 2.77. The summed E-state index contributed by atoms with van der Waals surface area (Å²) >= 11 is 1.22. The molecule has 1 heterocycles. The molecule has 1 aromatic heterocycles. The Bertz CT molecular complexity index is 1270. The van der Waals surface area contributed by atoms with E-state index in [1.165, 1.54) is 16.3 Å². The van der Waals surface area contributed by atoms with Gasteiger partial charge in [-0.2, -0.15) is 0 Å². The second kappa shape index (κ2) is 9.11. The summed E-state index contributed by atoms with van der Waals surface area (Å²) < 4.78 is 1.53. The lowest BCUT2D eigenvalue weighted by molar-refractivity contribution is -0.113. The maximum Gasteiger partial charge on any atom is 0.262 e. The Morgan fingerprint density at radius 3 is 2.63 bits per heavy atom. The Balaban J connectivity index is 1.52. The maximum atomic E-state index is 12.8. The van der Waals surface area contributed by atoms with Gasteiger partial charge in [-0.25, -0.2) is 4.98 Å². The molecule has 30 heavy (non-hydrogen) atoms. The molecule has 0 aliphatic rings. The van der Waals surface area contributed by atoms with Gasteiger partial charge < -0.3 is 10.4 Å².